The van der Waals surface area contributed by atoms with E-state index in [9.17, 15) is 4.79 Å². The number of hydrogen-bond donors (Lipinski definition) is 2. The van der Waals surface area contributed by atoms with E-state index in [1.54, 1.807) is 25.4 Å². The third-order valence-corrected chi connectivity index (χ3v) is 1.30. The van der Waals surface area contributed by atoms with Crippen LogP contribution in [0.5, 0.6) is 0 Å². The smallest absolute Gasteiger partial charge is 0.267 e. The van der Waals surface area contributed by atoms with Crippen LogP contribution in [0.15, 0.2) is 18.3 Å². The topological polar surface area (TPSA) is 68.0 Å². The molecule has 0 atom stereocenters. The second-order valence-electron chi connectivity index (χ2n) is 2.05. The first-order valence-electron chi connectivity index (χ1n) is 3.17. The number of nitrogens with zero attached hydrogens (tertiary/aromatic N) is 1. The molecule has 1 heterocycles. The summed E-state index contributed by atoms with van der Waals surface area (Å²) in [6, 6.07) is 3.32. The number of anilines is 1. The maximum Gasteiger partial charge on any atom is 0.267 e. The highest BCUT2D eigenvalue weighted by Crippen LogP contribution is 2.03. The quantitative estimate of drug-likeness (QED) is 0.635. The normalized spacial score (nSPS) is 9.18. The molecule has 0 saturated carbocycles. The largest absolute Gasteiger partial charge is 0.387 e. The van der Waals surface area contributed by atoms with Crippen molar-refractivity contribution in [3.05, 3.63) is 24.0 Å². The van der Waals surface area contributed by atoms with Crippen molar-refractivity contribution in [1.29, 1.82) is 0 Å². The summed E-state index contributed by atoms with van der Waals surface area (Å²) < 4.78 is 0. The Morgan fingerprint density at radius 1 is 1.64 bits per heavy atom. The molecule has 0 saturated heterocycles. The van der Waals surface area contributed by atoms with Gasteiger partial charge in [0.1, 0.15) is 5.69 Å². The molecule has 4 nitrogen and oxygen atoms in total. The summed E-state index contributed by atoms with van der Waals surface area (Å²) in [5.41, 5.74) is 6.12. The molecule has 0 aliphatic carbocycles. The van der Waals surface area contributed by atoms with Crippen LogP contribution in [-0.4, -0.2) is 17.9 Å². The fraction of sp³-hybridized carbons (Fsp3) is 0.143. The van der Waals surface area contributed by atoms with Crippen LogP contribution in [0.1, 0.15) is 10.5 Å². The van der Waals surface area contributed by atoms with Gasteiger partial charge in [0.25, 0.3) is 5.91 Å². The SMILES string of the molecule is CNc1ccc(C(N)=O)nc1. The second-order valence-corrected chi connectivity index (χ2v) is 2.05. The minimum atomic E-state index is -0.507. The molecule has 0 fully saturated rings. The zero-order valence-corrected chi connectivity index (χ0v) is 6.16. The Morgan fingerprint density at radius 2 is 2.36 bits per heavy atom. The van der Waals surface area contributed by atoms with Gasteiger partial charge in [-0.05, 0) is 12.1 Å². The highest BCUT2D eigenvalue weighted by molar-refractivity contribution is 5.90. The Bertz CT molecular complexity index is 255. The van der Waals surface area contributed by atoms with Crippen molar-refractivity contribution in [2.24, 2.45) is 5.73 Å². The zero-order chi connectivity index (χ0) is 8.27. The Hall–Kier alpha value is -1.58. The van der Waals surface area contributed by atoms with Gasteiger partial charge in [-0.15, -0.1) is 0 Å². The molecule has 4 heteroatoms. The molecule has 1 amide bonds. The highest BCUT2D eigenvalue weighted by Gasteiger charge is 1.99. The van der Waals surface area contributed by atoms with Crippen LogP contribution in [0.3, 0.4) is 0 Å². The first-order valence-corrected chi connectivity index (χ1v) is 3.17. The first kappa shape index (κ1) is 7.53. The fourth-order valence-electron chi connectivity index (χ4n) is 0.688. The summed E-state index contributed by atoms with van der Waals surface area (Å²) in [6.45, 7) is 0. The van der Waals surface area contributed by atoms with Crippen LogP contribution >= 0.6 is 0 Å². The lowest BCUT2D eigenvalue weighted by Crippen LogP contribution is -2.12. The zero-order valence-electron chi connectivity index (χ0n) is 6.16. The number of rotatable bonds is 2. The van der Waals surface area contributed by atoms with Crippen molar-refractivity contribution in [2.75, 3.05) is 12.4 Å². The van der Waals surface area contributed by atoms with Gasteiger partial charge in [0.05, 0.1) is 11.9 Å². The number of amides is 1. The highest BCUT2D eigenvalue weighted by atomic mass is 16.1. The van der Waals surface area contributed by atoms with E-state index in [1.165, 1.54) is 0 Å². The monoisotopic (exact) mass is 151 g/mol. The average Bonchev–Trinajstić information content (AvgIpc) is 2.05. The van der Waals surface area contributed by atoms with E-state index in [-0.39, 0.29) is 5.69 Å². The van der Waals surface area contributed by atoms with Crippen molar-refractivity contribution in [1.82, 2.24) is 4.98 Å². The number of carbonyl (C=O) groups excluding carboxylic acids is 1. The van der Waals surface area contributed by atoms with Crippen molar-refractivity contribution >= 4 is 11.6 Å². The molecular weight excluding hydrogens is 142 g/mol. The molecular formula is C7H9N3O. The lowest BCUT2D eigenvalue weighted by atomic mass is 10.3. The number of aromatic nitrogens is 1. The Labute approximate surface area is 64.4 Å². The Morgan fingerprint density at radius 3 is 2.73 bits per heavy atom. The third-order valence-electron chi connectivity index (χ3n) is 1.30. The van der Waals surface area contributed by atoms with Gasteiger partial charge in [0.15, 0.2) is 0 Å². The summed E-state index contributed by atoms with van der Waals surface area (Å²) >= 11 is 0. The second kappa shape index (κ2) is 3.01. The van der Waals surface area contributed by atoms with Gasteiger partial charge in [-0.1, -0.05) is 0 Å². The molecule has 0 aliphatic rings. The van der Waals surface area contributed by atoms with E-state index in [4.69, 9.17) is 5.73 Å². The van der Waals surface area contributed by atoms with Gasteiger partial charge < -0.3 is 11.1 Å². The average molecular weight is 151 g/mol. The minimum Gasteiger partial charge on any atom is -0.387 e. The Kier molecular flexibility index (Phi) is 2.06. The van der Waals surface area contributed by atoms with Gasteiger partial charge in [-0.3, -0.25) is 4.79 Å². The lowest BCUT2D eigenvalue weighted by Gasteiger charge is -1.98. The number of nitrogens with one attached hydrogen (secondary N) is 1. The van der Waals surface area contributed by atoms with E-state index in [1.807, 2.05) is 0 Å². The summed E-state index contributed by atoms with van der Waals surface area (Å²) in [5.74, 6) is -0.507. The molecule has 1 aromatic rings. The fourth-order valence-corrected chi connectivity index (χ4v) is 0.688. The van der Waals surface area contributed by atoms with E-state index in [2.05, 4.69) is 10.3 Å². The summed E-state index contributed by atoms with van der Waals surface area (Å²) in [4.78, 5) is 14.4. The Balaban J connectivity index is 2.91. The van der Waals surface area contributed by atoms with Crippen molar-refractivity contribution < 1.29 is 4.79 Å². The maximum absolute atomic E-state index is 10.5. The predicted molar refractivity (Wildman–Crippen MR) is 42.3 cm³/mol. The molecule has 1 aromatic heterocycles. The van der Waals surface area contributed by atoms with E-state index < -0.39 is 5.91 Å². The van der Waals surface area contributed by atoms with Gasteiger partial charge >= 0.3 is 0 Å². The first-order chi connectivity index (χ1) is 5.24. The van der Waals surface area contributed by atoms with E-state index >= 15 is 0 Å². The summed E-state index contributed by atoms with van der Waals surface area (Å²) in [6.07, 6.45) is 1.56. The van der Waals surface area contributed by atoms with Crippen LogP contribution in [0.25, 0.3) is 0 Å². The van der Waals surface area contributed by atoms with Crippen molar-refractivity contribution in [3.8, 4) is 0 Å². The number of nitrogens with two attached hydrogens (primary N) is 1. The number of primary amides is 1. The molecule has 11 heavy (non-hydrogen) atoms. The molecule has 58 valence electrons. The predicted octanol–water partition coefficient (Wildman–Crippen LogP) is 0.222. The third kappa shape index (κ3) is 1.67. The van der Waals surface area contributed by atoms with Gasteiger partial charge in [-0.25, -0.2) is 4.98 Å². The molecule has 0 radical (unpaired) electrons. The van der Waals surface area contributed by atoms with E-state index in [0.29, 0.717) is 0 Å². The standard InChI is InChI=1S/C7H9N3O/c1-9-5-2-3-6(7(8)11)10-4-5/h2-4,9H,1H3,(H2,8,11). The van der Waals surface area contributed by atoms with Crippen LogP contribution in [-0.2, 0) is 0 Å². The molecule has 0 unspecified atom stereocenters. The van der Waals surface area contributed by atoms with Crippen LogP contribution < -0.4 is 11.1 Å². The summed E-state index contributed by atoms with van der Waals surface area (Å²) in [7, 11) is 1.78. The van der Waals surface area contributed by atoms with Crippen LogP contribution in [0, 0.1) is 0 Å². The number of hydrogen-bond acceptors (Lipinski definition) is 3. The molecule has 3 N–H and O–H groups in total. The molecule has 0 aliphatic heterocycles. The van der Waals surface area contributed by atoms with E-state index in [0.717, 1.165) is 5.69 Å². The van der Waals surface area contributed by atoms with Gasteiger partial charge in [-0.2, -0.15) is 0 Å². The van der Waals surface area contributed by atoms with Gasteiger partial charge in [0, 0.05) is 7.05 Å². The van der Waals surface area contributed by atoms with Crippen molar-refractivity contribution in [3.63, 3.8) is 0 Å². The molecule has 0 spiro atoms. The van der Waals surface area contributed by atoms with Gasteiger partial charge in [0.2, 0.25) is 0 Å². The molecule has 0 aromatic carbocycles. The lowest BCUT2D eigenvalue weighted by molar-refractivity contribution is 0.0995. The van der Waals surface area contributed by atoms with Crippen molar-refractivity contribution in [2.45, 2.75) is 0 Å². The molecule has 0 bridgehead atoms. The van der Waals surface area contributed by atoms with Crippen LogP contribution in [0.2, 0.25) is 0 Å². The molecule has 1 rings (SSSR count). The summed E-state index contributed by atoms with van der Waals surface area (Å²) in [5, 5.41) is 2.88. The van der Waals surface area contributed by atoms with Crippen LogP contribution in [0.4, 0.5) is 5.69 Å². The maximum atomic E-state index is 10.5. The number of carbonyl (C=O) groups is 1. The number of pyridine rings is 1. The minimum absolute atomic E-state index is 0.281.